The molecule has 2 aromatic rings. The molecule has 5 heteroatoms. The third-order valence-electron chi connectivity index (χ3n) is 4.10. The van der Waals surface area contributed by atoms with Crippen LogP contribution in [0.2, 0.25) is 0 Å². The second kappa shape index (κ2) is 5.72. The predicted octanol–water partition coefficient (Wildman–Crippen LogP) is 4.61. The molecule has 0 aromatic heterocycles. The summed E-state index contributed by atoms with van der Waals surface area (Å²) in [4.78, 5) is 14.4. The number of benzene rings is 2. The molecule has 0 saturated heterocycles. The number of anilines is 1. The first kappa shape index (κ1) is 15.6. The summed E-state index contributed by atoms with van der Waals surface area (Å²) in [5.41, 5.74) is 2.13. The largest absolute Gasteiger partial charge is 0.416 e. The summed E-state index contributed by atoms with van der Waals surface area (Å²) in [6.07, 6.45) is -2.77. The van der Waals surface area contributed by atoms with Gasteiger partial charge in [0.25, 0.3) is 5.91 Å². The second-order valence-corrected chi connectivity index (χ2v) is 5.72. The van der Waals surface area contributed by atoms with Gasteiger partial charge in [-0.1, -0.05) is 24.3 Å². The van der Waals surface area contributed by atoms with Crippen LogP contribution in [0.4, 0.5) is 18.9 Å². The number of rotatable bonds is 1. The van der Waals surface area contributed by atoms with Gasteiger partial charge < -0.3 is 4.90 Å². The van der Waals surface area contributed by atoms with E-state index in [9.17, 15) is 18.0 Å². The number of halogens is 3. The summed E-state index contributed by atoms with van der Waals surface area (Å²) in [6, 6.07) is 10.4. The van der Waals surface area contributed by atoms with Crippen LogP contribution in [-0.2, 0) is 12.6 Å². The average Bonchev–Trinajstić information content (AvgIpc) is 2.53. The Hall–Kier alpha value is -2.30. The third-order valence-corrected chi connectivity index (χ3v) is 4.10. The van der Waals surface area contributed by atoms with Crippen molar-refractivity contribution in [3.05, 3.63) is 64.7 Å². The first-order valence-corrected chi connectivity index (χ1v) is 7.45. The van der Waals surface area contributed by atoms with Gasteiger partial charge in [-0.3, -0.25) is 4.79 Å². The predicted molar refractivity (Wildman–Crippen MR) is 82.6 cm³/mol. The number of hydrogen-bond acceptors (Lipinski definition) is 1. The number of amides is 1. The Morgan fingerprint density at radius 1 is 1.13 bits per heavy atom. The summed E-state index contributed by atoms with van der Waals surface area (Å²) < 4.78 is 38.6. The lowest BCUT2D eigenvalue weighted by Crippen LogP contribution is -2.36. The van der Waals surface area contributed by atoms with Crippen LogP contribution in [0.5, 0.6) is 0 Å². The summed E-state index contributed by atoms with van der Waals surface area (Å²) in [6.45, 7) is 2.43. The van der Waals surface area contributed by atoms with E-state index in [1.54, 1.807) is 4.90 Å². The molecular formula is C18H16F3NO. The molecule has 1 aliphatic rings. The molecule has 0 aliphatic carbocycles. The van der Waals surface area contributed by atoms with E-state index in [2.05, 4.69) is 0 Å². The highest BCUT2D eigenvalue weighted by atomic mass is 19.4. The van der Waals surface area contributed by atoms with E-state index in [0.717, 1.165) is 41.8 Å². The quantitative estimate of drug-likeness (QED) is 0.752. The molecule has 2 nitrogen and oxygen atoms in total. The fourth-order valence-electron chi connectivity index (χ4n) is 3.03. The van der Waals surface area contributed by atoms with E-state index >= 15 is 0 Å². The zero-order valence-electron chi connectivity index (χ0n) is 12.7. The molecule has 0 N–H and O–H groups in total. The topological polar surface area (TPSA) is 20.3 Å². The minimum absolute atomic E-state index is 0.0657. The van der Waals surface area contributed by atoms with Crippen molar-refractivity contribution >= 4 is 11.6 Å². The van der Waals surface area contributed by atoms with Crippen LogP contribution in [0.25, 0.3) is 0 Å². The van der Waals surface area contributed by atoms with Crippen molar-refractivity contribution in [1.82, 2.24) is 0 Å². The lowest BCUT2D eigenvalue weighted by atomic mass is 9.97. The molecule has 23 heavy (non-hydrogen) atoms. The highest BCUT2D eigenvalue weighted by molar-refractivity contribution is 6.07. The number of aryl methyl sites for hydroxylation is 2. The number of carbonyl (C=O) groups is 1. The number of para-hydroxylation sites is 1. The maximum Gasteiger partial charge on any atom is 0.416 e. The Kier molecular flexibility index (Phi) is 3.88. The normalized spacial score (nSPS) is 14.5. The van der Waals surface area contributed by atoms with Gasteiger partial charge in [-0.05, 0) is 49.1 Å². The molecule has 1 aliphatic heterocycles. The first-order valence-electron chi connectivity index (χ1n) is 7.45. The average molecular weight is 319 g/mol. The SMILES string of the molecule is Cc1cccc2c1N(C(=O)c1cccc(C(F)(F)F)c1)CCC2. The zero-order valence-corrected chi connectivity index (χ0v) is 12.7. The Bertz CT molecular complexity index is 752. The van der Waals surface area contributed by atoms with Gasteiger partial charge in [0.05, 0.1) is 11.3 Å². The molecule has 0 saturated carbocycles. The highest BCUT2D eigenvalue weighted by Gasteiger charge is 2.32. The van der Waals surface area contributed by atoms with Crippen molar-refractivity contribution in [1.29, 1.82) is 0 Å². The Balaban J connectivity index is 2.00. The van der Waals surface area contributed by atoms with Crippen LogP contribution >= 0.6 is 0 Å². The smallest absolute Gasteiger partial charge is 0.308 e. The molecule has 0 bridgehead atoms. The lowest BCUT2D eigenvalue weighted by Gasteiger charge is -2.31. The van der Waals surface area contributed by atoms with Gasteiger partial charge in [-0.15, -0.1) is 0 Å². The molecule has 0 fully saturated rings. The van der Waals surface area contributed by atoms with E-state index in [-0.39, 0.29) is 11.5 Å². The maximum absolute atomic E-state index is 12.9. The molecule has 0 spiro atoms. The standard InChI is InChI=1S/C18H16F3NO/c1-12-5-2-6-13-8-4-10-22(16(12)13)17(23)14-7-3-9-15(11-14)18(19,20)21/h2-3,5-7,9,11H,4,8,10H2,1H3. The fourth-order valence-corrected chi connectivity index (χ4v) is 3.03. The molecule has 1 amide bonds. The van der Waals surface area contributed by atoms with Crippen LogP contribution in [-0.4, -0.2) is 12.5 Å². The van der Waals surface area contributed by atoms with E-state index in [1.165, 1.54) is 12.1 Å². The van der Waals surface area contributed by atoms with Crippen molar-refractivity contribution in [3.63, 3.8) is 0 Å². The molecular weight excluding hydrogens is 303 g/mol. The van der Waals surface area contributed by atoms with Crippen LogP contribution in [0.3, 0.4) is 0 Å². The van der Waals surface area contributed by atoms with Gasteiger partial charge in [-0.2, -0.15) is 13.2 Å². The summed E-state index contributed by atoms with van der Waals surface area (Å²) in [7, 11) is 0. The van der Waals surface area contributed by atoms with Gasteiger partial charge in [0.1, 0.15) is 0 Å². The van der Waals surface area contributed by atoms with Crippen LogP contribution in [0, 0.1) is 6.92 Å². The number of nitrogens with zero attached hydrogens (tertiary/aromatic N) is 1. The first-order chi connectivity index (χ1) is 10.9. The van der Waals surface area contributed by atoms with Gasteiger partial charge in [-0.25, -0.2) is 0 Å². The van der Waals surface area contributed by atoms with Crippen molar-refractivity contribution in [3.8, 4) is 0 Å². The maximum atomic E-state index is 12.9. The molecule has 1 heterocycles. The van der Waals surface area contributed by atoms with Crippen molar-refractivity contribution in [2.75, 3.05) is 11.4 Å². The monoisotopic (exact) mass is 319 g/mol. The van der Waals surface area contributed by atoms with Gasteiger partial charge in [0.2, 0.25) is 0 Å². The molecule has 0 radical (unpaired) electrons. The van der Waals surface area contributed by atoms with E-state index in [1.807, 2.05) is 25.1 Å². The minimum atomic E-state index is -4.45. The molecule has 2 aromatic carbocycles. The Labute approximate surface area is 132 Å². The van der Waals surface area contributed by atoms with E-state index in [4.69, 9.17) is 0 Å². The Morgan fingerprint density at radius 2 is 1.87 bits per heavy atom. The molecule has 120 valence electrons. The highest BCUT2D eigenvalue weighted by Crippen LogP contribution is 2.33. The van der Waals surface area contributed by atoms with Gasteiger partial charge in [0, 0.05) is 12.1 Å². The summed E-state index contributed by atoms with van der Waals surface area (Å²) in [5, 5.41) is 0. The Morgan fingerprint density at radius 3 is 2.61 bits per heavy atom. The summed E-state index contributed by atoms with van der Waals surface area (Å²) >= 11 is 0. The van der Waals surface area contributed by atoms with Crippen LogP contribution in [0.1, 0.15) is 33.5 Å². The number of fused-ring (bicyclic) bond motifs is 1. The second-order valence-electron chi connectivity index (χ2n) is 5.72. The van der Waals surface area contributed by atoms with E-state index in [0.29, 0.717) is 6.54 Å². The van der Waals surface area contributed by atoms with Crippen LogP contribution in [0.15, 0.2) is 42.5 Å². The summed E-state index contributed by atoms with van der Waals surface area (Å²) in [5.74, 6) is -0.383. The van der Waals surface area contributed by atoms with Gasteiger partial charge >= 0.3 is 6.18 Å². The minimum Gasteiger partial charge on any atom is -0.308 e. The fraction of sp³-hybridized carbons (Fsp3) is 0.278. The molecule has 3 rings (SSSR count). The third kappa shape index (κ3) is 2.96. The van der Waals surface area contributed by atoms with Crippen molar-refractivity contribution in [2.24, 2.45) is 0 Å². The van der Waals surface area contributed by atoms with Crippen molar-refractivity contribution < 1.29 is 18.0 Å². The lowest BCUT2D eigenvalue weighted by molar-refractivity contribution is -0.137. The number of hydrogen-bond donors (Lipinski definition) is 0. The molecule has 0 atom stereocenters. The van der Waals surface area contributed by atoms with Crippen LogP contribution < -0.4 is 4.90 Å². The van der Waals surface area contributed by atoms with Crippen molar-refractivity contribution in [2.45, 2.75) is 25.9 Å². The van der Waals surface area contributed by atoms with E-state index < -0.39 is 11.7 Å². The number of carbonyl (C=O) groups excluding carboxylic acids is 1. The molecule has 0 unspecified atom stereocenters. The number of alkyl halides is 3. The van der Waals surface area contributed by atoms with Gasteiger partial charge in [0.15, 0.2) is 0 Å². The zero-order chi connectivity index (χ0) is 16.6.